The van der Waals surface area contributed by atoms with Gasteiger partial charge in [0.2, 0.25) is 0 Å². The molecular formula is C10H12INO6S. The van der Waals surface area contributed by atoms with Crippen LogP contribution in [0.4, 0.5) is 5.69 Å². The van der Waals surface area contributed by atoms with E-state index < -0.39 is 20.6 Å². The van der Waals surface area contributed by atoms with E-state index in [1.54, 1.807) is 0 Å². The largest absolute Gasteiger partial charge is 0.387 e. The summed E-state index contributed by atoms with van der Waals surface area (Å²) >= 11 is 1.91. The van der Waals surface area contributed by atoms with Crippen LogP contribution in [0.3, 0.4) is 0 Å². The highest BCUT2D eigenvalue weighted by Crippen LogP contribution is 2.19. The van der Waals surface area contributed by atoms with Crippen LogP contribution in [-0.4, -0.2) is 35.1 Å². The van der Waals surface area contributed by atoms with Gasteiger partial charge in [0.1, 0.15) is 0 Å². The Hall–Kier alpha value is -0.780. The number of rotatable bonds is 6. The summed E-state index contributed by atoms with van der Waals surface area (Å²) < 4.78 is 28.6. The van der Waals surface area contributed by atoms with Crippen molar-refractivity contribution in [2.45, 2.75) is 17.4 Å². The van der Waals surface area contributed by atoms with Gasteiger partial charge in [-0.3, -0.25) is 14.3 Å². The van der Waals surface area contributed by atoms with Gasteiger partial charge in [-0.25, -0.2) is 0 Å². The van der Waals surface area contributed by atoms with Crippen molar-refractivity contribution >= 4 is 38.4 Å². The van der Waals surface area contributed by atoms with Crippen molar-refractivity contribution in [3.05, 3.63) is 34.4 Å². The minimum absolute atomic E-state index is 0.192. The summed E-state index contributed by atoms with van der Waals surface area (Å²) in [5.74, 6) is 0. The minimum Gasteiger partial charge on any atom is -0.387 e. The standard InChI is InChI=1S/C10H12INO6S/c1-10(13,6-11)7-18-19(16,17)9-4-2-8(3-5-9)12(14)15/h2-5,13H,6-7H2,1H3/t10-/m0/s1. The number of nitro groups is 1. The molecule has 1 atom stereocenters. The number of nitrogens with zero attached hydrogens (tertiary/aromatic N) is 1. The van der Waals surface area contributed by atoms with Crippen molar-refractivity contribution < 1.29 is 22.6 Å². The highest BCUT2D eigenvalue weighted by atomic mass is 127. The molecule has 1 N–H and O–H groups in total. The fourth-order valence-corrected chi connectivity index (χ4v) is 2.28. The molecule has 1 aromatic rings. The lowest BCUT2D eigenvalue weighted by Crippen LogP contribution is -2.33. The molecule has 0 aliphatic heterocycles. The Morgan fingerprint density at radius 2 is 1.95 bits per heavy atom. The third-order valence-corrected chi connectivity index (χ3v) is 5.07. The molecule has 0 aromatic heterocycles. The summed E-state index contributed by atoms with van der Waals surface area (Å²) in [5, 5.41) is 20.1. The van der Waals surface area contributed by atoms with Gasteiger partial charge in [-0.1, -0.05) is 22.6 Å². The molecule has 0 saturated heterocycles. The molecule has 0 fully saturated rings. The molecule has 0 radical (unpaired) electrons. The summed E-state index contributed by atoms with van der Waals surface area (Å²) in [6.45, 7) is 1.07. The van der Waals surface area contributed by atoms with Crippen LogP contribution in [0.15, 0.2) is 29.2 Å². The molecule has 0 aliphatic carbocycles. The van der Waals surface area contributed by atoms with Crippen molar-refractivity contribution in [2.75, 3.05) is 11.0 Å². The Kier molecular flexibility index (Phi) is 5.24. The molecule has 0 aliphatic rings. The first-order chi connectivity index (χ1) is 8.68. The maximum atomic E-state index is 11.8. The van der Waals surface area contributed by atoms with Gasteiger partial charge in [-0.05, 0) is 19.1 Å². The van der Waals surface area contributed by atoms with Crippen LogP contribution in [0.1, 0.15) is 6.92 Å². The molecule has 7 nitrogen and oxygen atoms in total. The quantitative estimate of drug-likeness (QED) is 0.255. The average molecular weight is 401 g/mol. The lowest BCUT2D eigenvalue weighted by atomic mass is 10.2. The minimum atomic E-state index is -4.03. The first kappa shape index (κ1) is 16.3. The number of aliphatic hydroxyl groups is 1. The average Bonchev–Trinajstić information content (AvgIpc) is 2.37. The predicted molar refractivity (Wildman–Crippen MR) is 75.7 cm³/mol. The Morgan fingerprint density at radius 3 is 2.37 bits per heavy atom. The summed E-state index contributed by atoms with van der Waals surface area (Å²) in [5.41, 5.74) is -1.47. The molecule has 0 heterocycles. The molecule has 0 bridgehead atoms. The molecular weight excluding hydrogens is 389 g/mol. The molecule has 0 amide bonds. The van der Waals surface area contributed by atoms with Gasteiger partial charge in [0.15, 0.2) is 0 Å². The van der Waals surface area contributed by atoms with Crippen LogP contribution in [0.2, 0.25) is 0 Å². The van der Waals surface area contributed by atoms with E-state index in [4.69, 9.17) is 4.18 Å². The zero-order valence-electron chi connectivity index (χ0n) is 9.95. The van der Waals surface area contributed by atoms with Crippen LogP contribution in [0, 0.1) is 10.1 Å². The maximum absolute atomic E-state index is 11.8. The van der Waals surface area contributed by atoms with Crippen molar-refractivity contribution in [3.8, 4) is 0 Å². The van der Waals surface area contributed by atoms with Gasteiger partial charge >= 0.3 is 0 Å². The molecule has 1 aromatic carbocycles. The molecule has 0 spiro atoms. The van der Waals surface area contributed by atoms with E-state index in [-0.39, 0.29) is 17.2 Å². The van der Waals surface area contributed by atoms with E-state index in [9.17, 15) is 23.6 Å². The topological polar surface area (TPSA) is 107 Å². The summed E-state index contributed by atoms with van der Waals surface area (Å²) in [7, 11) is -4.03. The van der Waals surface area contributed by atoms with Gasteiger partial charge in [0.05, 0.1) is 22.0 Å². The van der Waals surface area contributed by atoms with Crippen molar-refractivity contribution in [1.29, 1.82) is 0 Å². The maximum Gasteiger partial charge on any atom is 0.297 e. The van der Waals surface area contributed by atoms with Crippen LogP contribution in [-0.2, 0) is 14.3 Å². The van der Waals surface area contributed by atoms with Crippen molar-refractivity contribution in [2.24, 2.45) is 0 Å². The molecule has 9 heteroatoms. The van der Waals surface area contributed by atoms with E-state index in [0.29, 0.717) is 4.43 Å². The van der Waals surface area contributed by atoms with E-state index in [1.807, 2.05) is 22.6 Å². The highest BCUT2D eigenvalue weighted by Gasteiger charge is 2.24. The van der Waals surface area contributed by atoms with Crippen LogP contribution >= 0.6 is 22.6 Å². The van der Waals surface area contributed by atoms with Crippen molar-refractivity contribution in [3.63, 3.8) is 0 Å². The first-order valence-corrected chi connectivity index (χ1v) is 8.03. The summed E-state index contributed by atoms with van der Waals surface area (Å²) in [4.78, 5) is 9.63. The zero-order chi connectivity index (χ0) is 14.7. The van der Waals surface area contributed by atoms with Crippen LogP contribution < -0.4 is 0 Å². The summed E-state index contributed by atoms with van der Waals surface area (Å²) in [6.07, 6.45) is 0. The lowest BCUT2D eigenvalue weighted by Gasteiger charge is -2.19. The highest BCUT2D eigenvalue weighted by molar-refractivity contribution is 14.1. The number of hydrogen-bond acceptors (Lipinski definition) is 6. The Labute approximate surface area is 124 Å². The van der Waals surface area contributed by atoms with Gasteiger partial charge in [0, 0.05) is 16.6 Å². The smallest absolute Gasteiger partial charge is 0.297 e. The van der Waals surface area contributed by atoms with E-state index in [0.717, 1.165) is 24.3 Å². The molecule has 19 heavy (non-hydrogen) atoms. The second-order valence-corrected chi connectivity index (χ2v) is 6.48. The predicted octanol–water partition coefficient (Wildman–Crippen LogP) is 1.49. The second kappa shape index (κ2) is 6.11. The molecule has 0 saturated carbocycles. The first-order valence-electron chi connectivity index (χ1n) is 5.10. The van der Waals surface area contributed by atoms with Crippen LogP contribution in [0.25, 0.3) is 0 Å². The normalized spacial score (nSPS) is 14.9. The molecule has 106 valence electrons. The van der Waals surface area contributed by atoms with Gasteiger partial charge in [-0.2, -0.15) is 8.42 Å². The Balaban J connectivity index is 2.86. The molecule has 0 unspecified atom stereocenters. The third kappa shape index (κ3) is 4.67. The monoisotopic (exact) mass is 401 g/mol. The number of benzene rings is 1. The van der Waals surface area contributed by atoms with Gasteiger partial charge in [-0.15, -0.1) is 0 Å². The Morgan fingerprint density at radius 1 is 1.42 bits per heavy atom. The number of non-ortho nitro benzene ring substituents is 1. The number of alkyl halides is 1. The number of halogens is 1. The number of hydrogen-bond donors (Lipinski definition) is 1. The lowest BCUT2D eigenvalue weighted by molar-refractivity contribution is -0.384. The third-order valence-electron chi connectivity index (χ3n) is 2.15. The van der Waals surface area contributed by atoms with Crippen LogP contribution in [0.5, 0.6) is 0 Å². The molecule has 1 rings (SSSR count). The van der Waals surface area contributed by atoms with E-state index in [2.05, 4.69) is 0 Å². The number of nitro benzene ring substituents is 1. The Bertz CT molecular complexity index is 554. The van der Waals surface area contributed by atoms with Gasteiger partial charge in [0.25, 0.3) is 15.8 Å². The second-order valence-electron chi connectivity index (χ2n) is 4.10. The fourth-order valence-electron chi connectivity index (χ4n) is 1.05. The van der Waals surface area contributed by atoms with E-state index >= 15 is 0 Å². The summed E-state index contributed by atoms with van der Waals surface area (Å²) in [6, 6.07) is 4.33. The van der Waals surface area contributed by atoms with Crippen molar-refractivity contribution in [1.82, 2.24) is 0 Å². The van der Waals surface area contributed by atoms with Gasteiger partial charge < -0.3 is 5.11 Å². The fraction of sp³-hybridized carbons (Fsp3) is 0.400. The SMILES string of the molecule is C[C@](O)(CI)COS(=O)(=O)c1ccc([N+](=O)[O-])cc1. The zero-order valence-corrected chi connectivity index (χ0v) is 12.9. The van der Waals surface area contributed by atoms with E-state index in [1.165, 1.54) is 6.92 Å².